The summed E-state index contributed by atoms with van der Waals surface area (Å²) in [7, 11) is 0. The van der Waals surface area contributed by atoms with Crippen molar-refractivity contribution in [3.63, 3.8) is 0 Å². The number of anilines is 6. The maximum Gasteiger partial charge on any atom is 0.0540 e. The molecule has 2 heteroatoms. The van der Waals surface area contributed by atoms with Gasteiger partial charge in [0.2, 0.25) is 0 Å². The second-order valence-electron chi connectivity index (χ2n) is 10.8. The van der Waals surface area contributed by atoms with E-state index in [2.05, 4.69) is 176 Å². The van der Waals surface area contributed by atoms with Crippen LogP contribution < -0.4 is 9.80 Å². The van der Waals surface area contributed by atoms with Gasteiger partial charge in [-0.05, 0) is 103 Å². The molecular formula is C39H36N2. The van der Waals surface area contributed by atoms with Crippen molar-refractivity contribution in [3.8, 4) is 0 Å². The van der Waals surface area contributed by atoms with Gasteiger partial charge in [0, 0.05) is 33.8 Å². The van der Waals surface area contributed by atoms with E-state index < -0.39 is 0 Å². The van der Waals surface area contributed by atoms with E-state index in [9.17, 15) is 0 Å². The lowest BCUT2D eigenvalue weighted by molar-refractivity contribution is 0.733. The van der Waals surface area contributed by atoms with Crippen molar-refractivity contribution in [1.82, 2.24) is 0 Å². The van der Waals surface area contributed by atoms with Gasteiger partial charge < -0.3 is 9.80 Å². The van der Waals surface area contributed by atoms with Crippen LogP contribution in [0.25, 0.3) is 10.8 Å². The summed E-state index contributed by atoms with van der Waals surface area (Å²) in [4.78, 5) is 4.70. The van der Waals surface area contributed by atoms with E-state index in [1.807, 2.05) is 0 Å². The fraction of sp³-hybridized carbons (Fsp3) is 0.128. The number of hydrogen-bond donors (Lipinski definition) is 0. The first-order chi connectivity index (χ1) is 20.1. The largest absolute Gasteiger partial charge is 0.310 e. The Labute approximate surface area is 244 Å². The molecule has 0 radical (unpaired) electrons. The van der Waals surface area contributed by atoms with Crippen molar-refractivity contribution in [2.45, 2.75) is 33.1 Å². The average molecular weight is 533 g/mol. The van der Waals surface area contributed by atoms with Gasteiger partial charge in [-0.1, -0.05) is 92.7 Å². The monoisotopic (exact) mass is 532 g/mol. The van der Waals surface area contributed by atoms with Gasteiger partial charge in [0.05, 0.1) is 5.69 Å². The van der Waals surface area contributed by atoms with Gasteiger partial charge >= 0.3 is 0 Å². The second-order valence-corrected chi connectivity index (χ2v) is 10.8. The van der Waals surface area contributed by atoms with E-state index in [-0.39, 0.29) is 0 Å². The fourth-order valence-electron chi connectivity index (χ4n) is 5.56. The molecule has 0 aliphatic rings. The molecule has 0 aliphatic carbocycles. The molecule has 0 aliphatic heterocycles. The zero-order valence-electron chi connectivity index (χ0n) is 24.0. The van der Waals surface area contributed by atoms with Crippen LogP contribution in [-0.4, -0.2) is 0 Å². The summed E-state index contributed by atoms with van der Waals surface area (Å²) >= 11 is 0. The Balaban J connectivity index is 1.47. The standard InChI is InChI=1S/C39H36N2/c1-4-30(3)31-20-22-35(23-21-31)41(39-19-11-14-32-13-8-9-18-38(32)39)36-26-24-34(25-27-36)40(33-15-6-5-7-16-33)37-17-10-12-29(2)28-37/h5-28,30H,4H2,1-3H3. The molecule has 6 aromatic rings. The highest BCUT2D eigenvalue weighted by atomic mass is 15.2. The Kier molecular flexibility index (Phi) is 7.56. The maximum atomic E-state index is 2.38. The van der Waals surface area contributed by atoms with E-state index in [1.54, 1.807) is 0 Å². The average Bonchev–Trinajstić information content (AvgIpc) is 3.03. The lowest BCUT2D eigenvalue weighted by atomic mass is 9.98. The highest BCUT2D eigenvalue weighted by Gasteiger charge is 2.18. The Morgan fingerprint density at radius 3 is 1.73 bits per heavy atom. The van der Waals surface area contributed by atoms with Crippen LogP contribution in [0.2, 0.25) is 0 Å². The van der Waals surface area contributed by atoms with Gasteiger partial charge in [0.15, 0.2) is 0 Å². The molecule has 0 saturated heterocycles. The number of rotatable bonds is 8. The topological polar surface area (TPSA) is 6.48 Å². The summed E-state index contributed by atoms with van der Waals surface area (Å²) in [5.74, 6) is 0.542. The molecule has 0 heterocycles. The summed E-state index contributed by atoms with van der Waals surface area (Å²) in [6.45, 7) is 6.69. The van der Waals surface area contributed by atoms with Gasteiger partial charge in [-0.15, -0.1) is 0 Å². The molecule has 2 nitrogen and oxygen atoms in total. The van der Waals surface area contributed by atoms with E-state index in [0.29, 0.717) is 5.92 Å². The Morgan fingerprint density at radius 2 is 1.05 bits per heavy atom. The molecule has 0 aromatic heterocycles. The fourth-order valence-corrected chi connectivity index (χ4v) is 5.56. The van der Waals surface area contributed by atoms with Crippen molar-refractivity contribution in [2.75, 3.05) is 9.80 Å². The van der Waals surface area contributed by atoms with Crippen LogP contribution in [0.1, 0.15) is 37.3 Å². The van der Waals surface area contributed by atoms with Gasteiger partial charge in [0.1, 0.15) is 0 Å². The molecule has 6 rings (SSSR count). The van der Waals surface area contributed by atoms with Crippen LogP contribution in [0.5, 0.6) is 0 Å². The maximum absolute atomic E-state index is 2.38. The van der Waals surface area contributed by atoms with Gasteiger partial charge in [-0.25, -0.2) is 0 Å². The summed E-state index contributed by atoms with van der Waals surface area (Å²) in [6.07, 6.45) is 1.13. The van der Waals surface area contributed by atoms with Crippen molar-refractivity contribution >= 4 is 44.9 Å². The molecule has 0 spiro atoms. The molecular weight excluding hydrogens is 496 g/mol. The van der Waals surface area contributed by atoms with E-state index in [0.717, 1.165) is 34.9 Å². The van der Waals surface area contributed by atoms with Crippen LogP contribution in [0.3, 0.4) is 0 Å². The van der Waals surface area contributed by atoms with Crippen LogP contribution >= 0.6 is 0 Å². The van der Waals surface area contributed by atoms with Crippen molar-refractivity contribution in [1.29, 1.82) is 0 Å². The number of aryl methyl sites for hydroxylation is 1. The summed E-state index contributed by atoms with van der Waals surface area (Å²) in [5, 5.41) is 2.47. The molecule has 202 valence electrons. The molecule has 0 saturated carbocycles. The molecule has 41 heavy (non-hydrogen) atoms. The summed E-state index contributed by atoms with van der Waals surface area (Å²) in [5.41, 5.74) is 9.47. The highest BCUT2D eigenvalue weighted by molar-refractivity contribution is 5.99. The van der Waals surface area contributed by atoms with Crippen LogP contribution in [-0.2, 0) is 0 Å². The Morgan fingerprint density at radius 1 is 0.512 bits per heavy atom. The second kappa shape index (κ2) is 11.7. The molecule has 0 bridgehead atoms. The molecule has 6 aromatic carbocycles. The first-order valence-electron chi connectivity index (χ1n) is 14.5. The third kappa shape index (κ3) is 5.47. The molecule has 0 amide bonds. The van der Waals surface area contributed by atoms with E-state index in [1.165, 1.54) is 27.6 Å². The number of hydrogen-bond acceptors (Lipinski definition) is 2. The van der Waals surface area contributed by atoms with Crippen LogP contribution in [0.15, 0.2) is 146 Å². The third-order valence-electron chi connectivity index (χ3n) is 7.98. The van der Waals surface area contributed by atoms with Crippen molar-refractivity contribution in [3.05, 3.63) is 157 Å². The smallest absolute Gasteiger partial charge is 0.0540 e. The minimum Gasteiger partial charge on any atom is -0.310 e. The highest BCUT2D eigenvalue weighted by Crippen LogP contribution is 2.41. The number of nitrogens with zero attached hydrogens (tertiary/aromatic N) is 2. The van der Waals surface area contributed by atoms with Gasteiger partial charge in [-0.2, -0.15) is 0 Å². The van der Waals surface area contributed by atoms with Crippen LogP contribution in [0.4, 0.5) is 34.1 Å². The molecule has 0 N–H and O–H groups in total. The quantitative estimate of drug-likeness (QED) is 0.192. The first-order valence-corrected chi connectivity index (χ1v) is 14.5. The summed E-state index contributed by atoms with van der Waals surface area (Å²) in [6, 6.07) is 52.5. The first kappa shape index (κ1) is 26.4. The van der Waals surface area contributed by atoms with Crippen molar-refractivity contribution < 1.29 is 0 Å². The normalized spacial score (nSPS) is 11.8. The minimum atomic E-state index is 0.542. The zero-order chi connectivity index (χ0) is 28.2. The molecule has 1 atom stereocenters. The Bertz CT molecular complexity index is 1730. The summed E-state index contributed by atoms with van der Waals surface area (Å²) < 4.78 is 0. The predicted octanol–water partition coefficient (Wildman–Crippen LogP) is 11.6. The number of para-hydroxylation sites is 1. The Hall–Kier alpha value is -4.82. The zero-order valence-corrected chi connectivity index (χ0v) is 24.0. The van der Waals surface area contributed by atoms with Gasteiger partial charge in [-0.3, -0.25) is 0 Å². The van der Waals surface area contributed by atoms with E-state index in [4.69, 9.17) is 0 Å². The van der Waals surface area contributed by atoms with Crippen LogP contribution in [0, 0.1) is 6.92 Å². The van der Waals surface area contributed by atoms with E-state index >= 15 is 0 Å². The predicted molar refractivity (Wildman–Crippen MR) is 177 cm³/mol. The third-order valence-corrected chi connectivity index (χ3v) is 7.98. The SMILES string of the molecule is CCC(C)c1ccc(N(c2ccc(N(c3ccccc3)c3cccc(C)c3)cc2)c2cccc3ccccc23)cc1. The molecule has 1 unspecified atom stereocenters. The number of fused-ring (bicyclic) bond motifs is 1. The molecule has 0 fully saturated rings. The van der Waals surface area contributed by atoms with Gasteiger partial charge in [0.25, 0.3) is 0 Å². The lowest BCUT2D eigenvalue weighted by Crippen LogP contribution is -2.12. The minimum absolute atomic E-state index is 0.542. The van der Waals surface area contributed by atoms with Crippen molar-refractivity contribution in [2.24, 2.45) is 0 Å². The number of benzene rings is 6. The lowest BCUT2D eigenvalue weighted by Gasteiger charge is -2.29.